The van der Waals surface area contributed by atoms with Gasteiger partial charge in [0, 0.05) is 11.6 Å². The predicted octanol–water partition coefficient (Wildman–Crippen LogP) is 3.34. The van der Waals surface area contributed by atoms with Crippen LogP contribution in [0, 0.1) is 0 Å². The number of hydrogen-bond acceptors (Lipinski definition) is 4. The van der Waals surface area contributed by atoms with E-state index in [4.69, 9.17) is 11.6 Å². The molecule has 2 heterocycles. The second kappa shape index (κ2) is 6.93. The molecule has 2 aromatic heterocycles. The zero-order valence-corrected chi connectivity index (χ0v) is 14.4. The Morgan fingerprint density at radius 2 is 1.92 bits per heavy atom. The maximum atomic E-state index is 12.6. The molecular weight excluding hydrogens is 350 g/mol. The Hall–Kier alpha value is -3.25. The molecule has 4 aromatic rings. The van der Waals surface area contributed by atoms with E-state index in [0.29, 0.717) is 22.9 Å². The average molecular weight is 364 g/mol. The molecule has 7 heteroatoms. The molecule has 0 amide bonds. The molecule has 0 unspecified atom stereocenters. The lowest BCUT2D eigenvalue weighted by atomic mass is 10.2. The van der Waals surface area contributed by atoms with Crippen LogP contribution in [0.2, 0.25) is 5.02 Å². The highest BCUT2D eigenvalue weighted by molar-refractivity contribution is 6.30. The van der Waals surface area contributed by atoms with Crippen LogP contribution in [0.5, 0.6) is 0 Å². The van der Waals surface area contributed by atoms with Gasteiger partial charge in [-0.15, -0.1) is 5.10 Å². The minimum atomic E-state index is -0.235. The Morgan fingerprint density at radius 3 is 2.73 bits per heavy atom. The van der Waals surface area contributed by atoms with Gasteiger partial charge in [0.2, 0.25) is 0 Å². The molecule has 128 valence electrons. The first-order valence-corrected chi connectivity index (χ1v) is 8.38. The quantitative estimate of drug-likeness (QED) is 0.557. The van der Waals surface area contributed by atoms with Gasteiger partial charge in [0.15, 0.2) is 11.2 Å². The fourth-order valence-electron chi connectivity index (χ4n) is 2.62. The first-order valence-electron chi connectivity index (χ1n) is 8.01. The van der Waals surface area contributed by atoms with Crippen molar-refractivity contribution in [3.05, 3.63) is 87.9 Å². The Balaban J connectivity index is 1.66. The molecular formula is C19H14ClN5O. The molecule has 0 spiro atoms. The van der Waals surface area contributed by atoms with Gasteiger partial charge in [-0.2, -0.15) is 4.68 Å². The number of benzene rings is 2. The van der Waals surface area contributed by atoms with Crippen molar-refractivity contribution < 1.29 is 0 Å². The molecule has 6 nitrogen and oxygen atoms in total. The second-order valence-electron chi connectivity index (χ2n) is 5.67. The molecule has 0 aliphatic carbocycles. The molecule has 0 saturated heterocycles. The highest BCUT2D eigenvalue weighted by Crippen LogP contribution is 2.16. The van der Waals surface area contributed by atoms with Gasteiger partial charge in [0.25, 0.3) is 5.56 Å². The molecule has 0 saturated carbocycles. The van der Waals surface area contributed by atoms with E-state index in [1.54, 1.807) is 18.2 Å². The summed E-state index contributed by atoms with van der Waals surface area (Å²) in [7, 11) is 0. The first-order chi connectivity index (χ1) is 12.7. The predicted molar refractivity (Wildman–Crippen MR) is 101 cm³/mol. The molecule has 26 heavy (non-hydrogen) atoms. The van der Waals surface area contributed by atoms with Crippen molar-refractivity contribution in [2.45, 2.75) is 6.54 Å². The third kappa shape index (κ3) is 3.14. The Bertz CT molecular complexity index is 1150. The van der Waals surface area contributed by atoms with Crippen LogP contribution in [0.4, 0.5) is 0 Å². The summed E-state index contributed by atoms with van der Waals surface area (Å²) in [6, 6.07) is 17.0. The van der Waals surface area contributed by atoms with Gasteiger partial charge in [-0.05, 0) is 23.8 Å². The Kier molecular flexibility index (Phi) is 4.33. The highest BCUT2D eigenvalue weighted by atomic mass is 35.5. The monoisotopic (exact) mass is 363 g/mol. The SMILES string of the molecule is O=c1c2nnn(-c3cccc(Cl)c3)c2ncn1CC=Cc1ccccc1. The van der Waals surface area contributed by atoms with E-state index in [9.17, 15) is 4.79 Å². The third-order valence-electron chi connectivity index (χ3n) is 3.89. The Labute approximate surface area is 154 Å². The fraction of sp³-hybridized carbons (Fsp3) is 0.0526. The number of fused-ring (bicyclic) bond motifs is 1. The van der Waals surface area contributed by atoms with Crippen molar-refractivity contribution in [1.82, 2.24) is 24.5 Å². The number of halogens is 1. The second-order valence-corrected chi connectivity index (χ2v) is 6.10. The number of hydrogen-bond donors (Lipinski definition) is 0. The molecule has 0 atom stereocenters. The number of nitrogens with zero attached hydrogens (tertiary/aromatic N) is 5. The summed E-state index contributed by atoms with van der Waals surface area (Å²) in [6.45, 7) is 0.403. The van der Waals surface area contributed by atoms with Crippen molar-refractivity contribution in [3.63, 3.8) is 0 Å². The third-order valence-corrected chi connectivity index (χ3v) is 4.13. The molecule has 0 bridgehead atoms. The fourth-order valence-corrected chi connectivity index (χ4v) is 2.81. The van der Waals surface area contributed by atoms with Crippen molar-refractivity contribution in [2.75, 3.05) is 0 Å². The van der Waals surface area contributed by atoms with E-state index in [2.05, 4.69) is 15.3 Å². The zero-order valence-electron chi connectivity index (χ0n) is 13.7. The normalized spacial score (nSPS) is 11.4. The van der Waals surface area contributed by atoms with E-state index in [-0.39, 0.29) is 11.1 Å². The van der Waals surface area contributed by atoms with Crippen LogP contribution >= 0.6 is 11.6 Å². The van der Waals surface area contributed by atoms with Gasteiger partial charge in [-0.3, -0.25) is 9.36 Å². The molecule has 0 aliphatic heterocycles. The van der Waals surface area contributed by atoms with Crippen molar-refractivity contribution in [2.24, 2.45) is 0 Å². The molecule has 4 rings (SSSR count). The molecule has 0 radical (unpaired) electrons. The smallest absolute Gasteiger partial charge is 0.283 e. The lowest BCUT2D eigenvalue weighted by molar-refractivity contribution is 0.765. The van der Waals surface area contributed by atoms with Crippen LogP contribution in [0.3, 0.4) is 0 Å². The first kappa shape index (κ1) is 16.2. The maximum absolute atomic E-state index is 12.6. The lowest BCUT2D eigenvalue weighted by Crippen LogP contribution is -2.20. The van der Waals surface area contributed by atoms with Crippen molar-refractivity contribution in [3.8, 4) is 5.69 Å². The topological polar surface area (TPSA) is 65.6 Å². The summed E-state index contributed by atoms with van der Waals surface area (Å²) in [4.78, 5) is 17.0. The summed E-state index contributed by atoms with van der Waals surface area (Å²) < 4.78 is 3.01. The zero-order chi connectivity index (χ0) is 17.9. The minimum Gasteiger partial charge on any atom is -0.293 e. The summed E-state index contributed by atoms with van der Waals surface area (Å²) in [5.41, 5.74) is 2.16. The minimum absolute atomic E-state index is 0.223. The van der Waals surface area contributed by atoms with Gasteiger partial charge < -0.3 is 0 Å². The number of aromatic nitrogens is 5. The van der Waals surface area contributed by atoms with Crippen LogP contribution in [0.1, 0.15) is 5.56 Å². The van der Waals surface area contributed by atoms with Gasteiger partial charge in [-0.25, -0.2) is 4.98 Å². The van der Waals surface area contributed by atoms with Gasteiger partial charge in [-0.1, -0.05) is 65.4 Å². The van der Waals surface area contributed by atoms with Crippen LogP contribution in [-0.2, 0) is 6.54 Å². The summed E-state index contributed by atoms with van der Waals surface area (Å²) in [5, 5.41) is 8.63. The number of allylic oxidation sites excluding steroid dienone is 1. The van der Waals surface area contributed by atoms with E-state index in [1.807, 2.05) is 48.6 Å². The van der Waals surface area contributed by atoms with E-state index >= 15 is 0 Å². The Morgan fingerprint density at radius 1 is 1.08 bits per heavy atom. The maximum Gasteiger partial charge on any atom is 0.283 e. The molecule has 0 aliphatic rings. The van der Waals surface area contributed by atoms with Crippen LogP contribution < -0.4 is 5.56 Å². The number of rotatable bonds is 4. The molecule has 0 fully saturated rings. The van der Waals surface area contributed by atoms with Crippen LogP contribution in [-0.4, -0.2) is 24.5 Å². The largest absolute Gasteiger partial charge is 0.293 e. The van der Waals surface area contributed by atoms with Gasteiger partial charge in [0.1, 0.15) is 6.33 Å². The van der Waals surface area contributed by atoms with Gasteiger partial charge >= 0.3 is 0 Å². The summed E-state index contributed by atoms with van der Waals surface area (Å²) in [5.74, 6) is 0. The summed E-state index contributed by atoms with van der Waals surface area (Å²) >= 11 is 6.02. The van der Waals surface area contributed by atoms with Gasteiger partial charge in [0.05, 0.1) is 5.69 Å². The summed E-state index contributed by atoms with van der Waals surface area (Å²) in [6.07, 6.45) is 5.37. The molecule has 2 aromatic carbocycles. The van der Waals surface area contributed by atoms with Crippen molar-refractivity contribution >= 4 is 28.8 Å². The average Bonchev–Trinajstić information content (AvgIpc) is 3.09. The van der Waals surface area contributed by atoms with Crippen LogP contribution in [0.25, 0.3) is 22.9 Å². The standard InChI is InChI=1S/C19H14ClN5O/c20-15-9-4-10-16(12-15)25-18-17(22-23-25)19(26)24(13-21-18)11-5-8-14-6-2-1-3-7-14/h1-10,12-13H,11H2. The van der Waals surface area contributed by atoms with Crippen LogP contribution in [0.15, 0.2) is 71.8 Å². The van der Waals surface area contributed by atoms with E-state index in [1.165, 1.54) is 15.6 Å². The highest BCUT2D eigenvalue weighted by Gasteiger charge is 2.13. The molecule has 0 N–H and O–H groups in total. The lowest BCUT2D eigenvalue weighted by Gasteiger charge is -2.03. The van der Waals surface area contributed by atoms with E-state index < -0.39 is 0 Å². The van der Waals surface area contributed by atoms with E-state index in [0.717, 1.165) is 5.56 Å². The van der Waals surface area contributed by atoms with Crippen molar-refractivity contribution in [1.29, 1.82) is 0 Å².